The van der Waals surface area contributed by atoms with E-state index in [4.69, 9.17) is 5.73 Å². The molecule has 84 valence electrons. The highest BCUT2D eigenvalue weighted by molar-refractivity contribution is 9.10. The number of alkyl halides is 2. The standard InChI is InChI=1S/C9H11BrF2N2O/c1-2-9(11,12)5-14-4-6(13)3-7(10)8(14)15/h3-4H,2,5,13H2,1H3. The first-order valence-corrected chi connectivity index (χ1v) is 5.18. The van der Waals surface area contributed by atoms with Crippen LogP contribution in [0.1, 0.15) is 13.3 Å². The van der Waals surface area contributed by atoms with Gasteiger partial charge in [-0.3, -0.25) is 4.79 Å². The monoisotopic (exact) mass is 280 g/mol. The van der Waals surface area contributed by atoms with Gasteiger partial charge in [-0.2, -0.15) is 0 Å². The first-order chi connectivity index (χ1) is 6.85. The molecule has 0 atom stereocenters. The minimum Gasteiger partial charge on any atom is -0.398 e. The molecule has 3 nitrogen and oxygen atoms in total. The molecular formula is C9H11BrF2N2O. The average Bonchev–Trinajstić information content (AvgIpc) is 2.13. The summed E-state index contributed by atoms with van der Waals surface area (Å²) in [5, 5.41) is 0. The van der Waals surface area contributed by atoms with Crippen molar-refractivity contribution in [2.45, 2.75) is 25.8 Å². The van der Waals surface area contributed by atoms with Gasteiger partial charge in [-0.15, -0.1) is 0 Å². The van der Waals surface area contributed by atoms with Crippen LogP contribution in [0.4, 0.5) is 14.5 Å². The predicted molar refractivity (Wildman–Crippen MR) is 58.1 cm³/mol. The highest BCUT2D eigenvalue weighted by atomic mass is 79.9. The molecule has 1 aromatic heterocycles. The van der Waals surface area contributed by atoms with Crippen LogP contribution < -0.4 is 11.3 Å². The second-order valence-electron chi connectivity index (χ2n) is 3.26. The van der Waals surface area contributed by atoms with Crippen LogP contribution >= 0.6 is 15.9 Å². The molecule has 0 radical (unpaired) electrons. The number of hydrogen-bond acceptors (Lipinski definition) is 2. The summed E-state index contributed by atoms with van der Waals surface area (Å²) in [6.07, 6.45) is 0.905. The number of halogens is 3. The fraction of sp³-hybridized carbons (Fsp3) is 0.444. The molecule has 0 aliphatic rings. The third-order valence-electron chi connectivity index (χ3n) is 1.98. The van der Waals surface area contributed by atoms with Crippen LogP contribution in [-0.4, -0.2) is 10.5 Å². The lowest BCUT2D eigenvalue weighted by atomic mass is 10.2. The van der Waals surface area contributed by atoms with Crippen molar-refractivity contribution in [1.82, 2.24) is 4.57 Å². The Hall–Kier alpha value is -0.910. The summed E-state index contributed by atoms with van der Waals surface area (Å²) in [4.78, 5) is 11.4. The molecule has 0 aliphatic carbocycles. The maximum Gasteiger partial charge on any atom is 0.265 e. The van der Waals surface area contributed by atoms with Crippen molar-refractivity contribution < 1.29 is 8.78 Å². The fourth-order valence-corrected chi connectivity index (χ4v) is 1.59. The van der Waals surface area contributed by atoms with Gasteiger partial charge in [0.15, 0.2) is 0 Å². The zero-order chi connectivity index (χ0) is 11.6. The van der Waals surface area contributed by atoms with E-state index in [2.05, 4.69) is 15.9 Å². The van der Waals surface area contributed by atoms with E-state index in [1.165, 1.54) is 19.2 Å². The summed E-state index contributed by atoms with van der Waals surface area (Å²) in [6.45, 7) is 0.721. The number of nitrogen functional groups attached to an aromatic ring is 1. The van der Waals surface area contributed by atoms with Crippen LogP contribution in [0.5, 0.6) is 0 Å². The van der Waals surface area contributed by atoms with Gasteiger partial charge in [0.05, 0.1) is 11.0 Å². The second kappa shape index (κ2) is 4.30. The number of hydrogen-bond donors (Lipinski definition) is 1. The molecular weight excluding hydrogens is 270 g/mol. The van der Waals surface area contributed by atoms with E-state index in [9.17, 15) is 13.6 Å². The smallest absolute Gasteiger partial charge is 0.265 e. The molecule has 0 unspecified atom stereocenters. The molecule has 0 saturated carbocycles. The highest BCUT2D eigenvalue weighted by Gasteiger charge is 2.27. The summed E-state index contributed by atoms with van der Waals surface area (Å²) in [6, 6.07) is 1.39. The average molecular weight is 281 g/mol. The van der Waals surface area contributed by atoms with E-state index < -0.39 is 18.0 Å². The summed E-state index contributed by atoms with van der Waals surface area (Å²) in [7, 11) is 0. The Labute approximate surface area is 94.0 Å². The molecule has 2 N–H and O–H groups in total. The first kappa shape index (κ1) is 12.2. The molecule has 0 aromatic carbocycles. The van der Waals surface area contributed by atoms with Crippen molar-refractivity contribution in [2.75, 3.05) is 5.73 Å². The first-order valence-electron chi connectivity index (χ1n) is 4.39. The molecule has 0 spiro atoms. The summed E-state index contributed by atoms with van der Waals surface area (Å²) in [5.74, 6) is -2.89. The lowest BCUT2D eigenvalue weighted by molar-refractivity contribution is -0.0207. The van der Waals surface area contributed by atoms with Crippen molar-refractivity contribution >= 4 is 21.6 Å². The van der Waals surface area contributed by atoms with Crippen LogP contribution in [0, 0.1) is 0 Å². The third-order valence-corrected chi connectivity index (χ3v) is 2.55. The molecule has 1 aromatic rings. The van der Waals surface area contributed by atoms with Crippen LogP contribution in [0.25, 0.3) is 0 Å². The Morgan fingerprint density at radius 1 is 1.60 bits per heavy atom. The fourth-order valence-electron chi connectivity index (χ4n) is 1.10. The second-order valence-corrected chi connectivity index (χ2v) is 4.12. The largest absolute Gasteiger partial charge is 0.398 e. The molecule has 6 heteroatoms. The zero-order valence-electron chi connectivity index (χ0n) is 8.14. The maximum atomic E-state index is 13.1. The highest BCUT2D eigenvalue weighted by Crippen LogP contribution is 2.20. The molecule has 0 amide bonds. The Bertz CT molecular complexity index is 417. The van der Waals surface area contributed by atoms with Gasteiger partial charge in [0.25, 0.3) is 11.5 Å². The van der Waals surface area contributed by atoms with Gasteiger partial charge in [0.1, 0.15) is 0 Å². The zero-order valence-corrected chi connectivity index (χ0v) is 9.72. The lowest BCUT2D eigenvalue weighted by Gasteiger charge is -2.16. The van der Waals surface area contributed by atoms with Crippen LogP contribution in [0.3, 0.4) is 0 Å². The van der Waals surface area contributed by atoms with Gasteiger partial charge in [-0.25, -0.2) is 8.78 Å². The summed E-state index contributed by atoms with van der Waals surface area (Å²) < 4.78 is 27.2. The van der Waals surface area contributed by atoms with Crippen molar-refractivity contribution in [3.63, 3.8) is 0 Å². The number of nitrogens with zero attached hydrogens (tertiary/aromatic N) is 1. The van der Waals surface area contributed by atoms with Crippen LogP contribution in [0.2, 0.25) is 0 Å². The minimum absolute atomic E-state index is 0.189. The number of rotatable bonds is 3. The molecule has 1 rings (SSSR count). The van der Waals surface area contributed by atoms with Crippen molar-refractivity contribution in [1.29, 1.82) is 0 Å². The van der Waals surface area contributed by atoms with Gasteiger partial charge in [0, 0.05) is 18.3 Å². The minimum atomic E-state index is -2.89. The Kier molecular flexibility index (Phi) is 3.49. The Morgan fingerprint density at radius 2 is 2.20 bits per heavy atom. The van der Waals surface area contributed by atoms with E-state index in [0.29, 0.717) is 0 Å². The predicted octanol–water partition coefficient (Wildman–Crippen LogP) is 2.24. The quantitative estimate of drug-likeness (QED) is 0.923. The molecule has 0 bridgehead atoms. The van der Waals surface area contributed by atoms with Gasteiger partial charge in [0.2, 0.25) is 0 Å². The number of pyridine rings is 1. The van der Waals surface area contributed by atoms with E-state index >= 15 is 0 Å². The molecule has 0 fully saturated rings. The summed E-state index contributed by atoms with van der Waals surface area (Å²) in [5.41, 5.74) is 5.22. The molecule has 1 heterocycles. The van der Waals surface area contributed by atoms with Crippen molar-refractivity contribution in [2.24, 2.45) is 0 Å². The van der Waals surface area contributed by atoms with Crippen molar-refractivity contribution in [3.8, 4) is 0 Å². The molecule has 0 aliphatic heterocycles. The topological polar surface area (TPSA) is 48.0 Å². The van der Waals surface area contributed by atoms with Gasteiger partial charge < -0.3 is 10.3 Å². The maximum absolute atomic E-state index is 13.1. The molecule has 15 heavy (non-hydrogen) atoms. The number of anilines is 1. The Balaban J connectivity index is 3.11. The normalized spacial score (nSPS) is 11.7. The van der Waals surface area contributed by atoms with Gasteiger partial charge in [-0.05, 0) is 22.0 Å². The van der Waals surface area contributed by atoms with Crippen LogP contribution in [0.15, 0.2) is 21.5 Å². The van der Waals surface area contributed by atoms with Crippen molar-refractivity contribution in [3.05, 3.63) is 27.1 Å². The van der Waals surface area contributed by atoms with Gasteiger partial charge in [-0.1, -0.05) is 6.92 Å². The molecule has 0 saturated heterocycles. The van der Waals surface area contributed by atoms with E-state index in [1.54, 1.807) is 0 Å². The SMILES string of the molecule is CCC(F)(F)Cn1cc(N)cc(Br)c1=O. The lowest BCUT2D eigenvalue weighted by Crippen LogP contribution is -2.30. The van der Waals surface area contributed by atoms with E-state index in [1.807, 2.05) is 0 Å². The summed E-state index contributed by atoms with van der Waals surface area (Å²) >= 11 is 2.97. The van der Waals surface area contributed by atoms with E-state index in [0.717, 1.165) is 4.57 Å². The van der Waals surface area contributed by atoms with E-state index in [-0.39, 0.29) is 16.6 Å². The number of nitrogens with two attached hydrogens (primary N) is 1. The van der Waals surface area contributed by atoms with Gasteiger partial charge >= 0.3 is 0 Å². The van der Waals surface area contributed by atoms with Crippen LogP contribution in [-0.2, 0) is 6.54 Å². The third kappa shape index (κ3) is 3.02. The Morgan fingerprint density at radius 3 is 2.73 bits per heavy atom. The number of aromatic nitrogens is 1.